The van der Waals surface area contributed by atoms with Crippen LogP contribution in [0.4, 0.5) is 14.5 Å². The summed E-state index contributed by atoms with van der Waals surface area (Å²) in [5.74, 6) is -1.35. The Labute approximate surface area is 138 Å². The molecule has 0 bridgehead atoms. The lowest BCUT2D eigenvalue weighted by Crippen LogP contribution is -2.49. The number of carbonyl (C=O) groups is 1. The molecule has 1 heterocycles. The predicted molar refractivity (Wildman–Crippen MR) is 85.6 cm³/mol. The smallest absolute Gasteiger partial charge is 0.256 e. The summed E-state index contributed by atoms with van der Waals surface area (Å²) in [5.41, 5.74) is 1.06. The van der Waals surface area contributed by atoms with Crippen LogP contribution in [0.1, 0.15) is 15.9 Å². The van der Waals surface area contributed by atoms with E-state index in [9.17, 15) is 13.6 Å². The van der Waals surface area contributed by atoms with Gasteiger partial charge in [-0.3, -0.25) is 4.79 Å². The third-order valence-electron chi connectivity index (χ3n) is 4.09. The number of amides is 1. The van der Waals surface area contributed by atoms with Crippen molar-refractivity contribution < 1.29 is 13.6 Å². The zero-order valence-corrected chi connectivity index (χ0v) is 12.9. The highest BCUT2D eigenvalue weighted by atomic mass is 19.1. The lowest BCUT2D eigenvalue weighted by molar-refractivity contribution is 0.0742. The molecule has 0 atom stereocenters. The second kappa shape index (κ2) is 6.67. The topological polar surface area (TPSA) is 47.3 Å². The molecular formula is C18H15F2N3O. The van der Waals surface area contributed by atoms with Gasteiger partial charge in [-0.05, 0) is 42.5 Å². The second-order valence-electron chi connectivity index (χ2n) is 5.56. The molecule has 1 amide bonds. The first-order chi connectivity index (χ1) is 11.6. The van der Waals surface area contributed by atoms with Crippen molar-refractivity contribution in [2.75, 3.05) is 31.1 Å². The first kappa shape index (κ1) is 15.9. The summed E-state index contributed by atoms with van der Waals surface area (Å²) in [7, 11) is 0. The maximum atomic E-state index is 14.0. The van der Waals surface area contributed by atoms with Crippen LogP contribution in [0.3, 0.4) is 0 Å². The SMILES string of the molecule is N#Cc1ccc(C(=O)N2CCN(c3ccc(F)cc3)CC2)c(F)c1. The van der Waals surface area contributed by atoms with Gasteiger partial charge in [0.2, 0.25) is 0 Å². The standard InChI is InChI=1S/C18H15F2N3O/c19-14-2-4-15(5-3-14)22-7-9-23(10-8-22)18(24)16-6-1-13(12-21)11-17(16)20/h1-6,11H,7-10H2. The van der Waals surface area contributed by atoms with Crippen molar-refractivity contribution in [2.45, 2.75) is 0 Å². The Kier molecular flexibility index (Phi) is 4.43. The summed E-state index contributed by atoms with van der Waals surface area (Å²) in [4.78, 5) is 16.1. The van der Waals surface area contributed by atoms with Gasteiger partial charge in [-0.15, -0.1) is 0 Å². The van der Waals surface area contributed by atoms with E-state index >= 15 is 0 Å². The van der Waals surface area contributed by atoms with Crippen molar-refractivity contribution in [3.63, 3.8) is 0 Å². The van der Waals surface area contributed by atoms with Crippen LogP contribution in [0.15, 0.2) is 42.5 Å². The summed E-state index contributed by atoms with van der Waals surface area (Å²) in [5, 5.41) is 8.75. The largest absolute Gasteiger partial charge is 0.368 e. The number of benzene rings is 2. The van der Waals surface area contributed by atoms with Crippen molar-refractivity contribution >= 4 is 11.6 Å². The fourth-order valence-electron chi connectivity index (χ4n) is 2.75. The van der Waals surface area contributed by atoms with Gasteiger partial charge in [-0.1, -0.05) is 0 Å². The molecule has 6 heteroatoms. The van der Waals surface area contributed by atoms with E-state index in [1.807, 2.05) is 6.07 Å². The quantitative estimate of drug-likeness (QED) is 0.852. The molecular weight excluding hydrogens is 312 g/mol. The minimum atomic E-state index is -0.681. The average Bonchev–Trinajstić information content (AvgIpc) is 2.62. The Hall–Kier alpha value is -2.94. The minimum Gasteiger partial charge on any atom is -0.368 e. The number of anilines is 1. The molecule has 2 aromatic carbocycles. The number of piperazine rings is 1. The fraction of sp³-hybridized carbons (Fsp3) is 0.222. The van der Waals surface area contributed by atoms with Crippen molar-refractivity contribution in [3.05, 3.63) is 65.2 Å². The highest BCUT2D eigenvalue weighted by Crippen LogP contribution is 2.19. The fourth-order valence-corrected chi connectivity index (χ4v) is 2.75. The maximum absolute atomic E-state index is 14.0. The molecule has 24 heavy (non-hydrogen) atoms. The second-order valence-corrected chi connectivity index (χ2v) is 5.56. The number of rotatable bonds is 2. The summed E-state index contributed by atoms with van der Waals surface area (Å²) >= 11 is 0. The lowest BCUT2D eigenvalue weighted by Gasteiger charge is -2.36. The monoisotopic (exact) mass is 327 g/mol. The molecule has 4 nitrogen and oxygen atoms in total. The molecule has 1 aliphatic heterocycles. The average molecular weight is 327 g/mol. The van der Waals surface area contributed by atoms with E-state index in [4.69, 9.17) is 5.26 Å². The third-order valence-corrected chi connectivity index (χ3v) is 4.09. The Morgan fingerprint density at radius 2 is 1.67 bits per heavy atom. The van der Waals surface area contributed by atoms with Crippen molar-refractivity contribution in [3.8, 4) is 6.07 Å². The van der Waals surface area contributed by atoms with Gasteiger partial charge in [-0.25, -0.2) is 8.78 Å². The Balaban J connectivity index is 1.67. The third kappa shape index (κ3) is 3.20. The van der Waals surface area contributed by atoms with Crippen LogP contribution in [0, 0.1) is 23.0 Å². The van der Waals surface area contributed by atoms with Gasteiger partial charge >= 0.3 is 0 Å². The normalized spacial score (nSPS) is 14.4. The van der Waals surface area contributed by atoms with E-state index in [0.717, 1.165) is 11.8 Å². The predicted octanol–water partition coefficient (Wildman–Crippen LogP) is 2.80. The number of hydrogen-bond acceptors (Lipinski definition) is 3. The highest BCUT2D eigenvalue weighted by molar-refractivity contribution is 5.94. The Morgan fingerprint density at radius 1 is 1.00 bits per heavy atom. The van der Waals surface area contributed by atoms with Crippen molar-refractivity contribution in [2.24, 2.45) is 0 Å². The maximum Gasteiger partial charge on any atom is 0.256 e. The summed E-state index contributed by atoms with van der Waals surface area (Å²) in [6, 6.07) is 11.9. The molecule has 1 fully saturated rings. The number of carbonyl (C=O) groups excluding carboxylic acids is 1. The number of hydrogen-bond donors (Lipinski definition) is 0. The Bertz CT molecular complexity index is 791. The van der Waals surface area contributed by atoms with Gasteiger partial charge in [-0.2, -0.15) is 5.26 Å². The summed E-state index contributed by atoms with van der Waals surface area (Å²) < 4.78 is 27.0. The van der Waals surface area contributed by atoms with E-state index in [-0.39, 0.29) is 22.9 Å². The first-order valence-electron chi connectivity index (χ1n) is 7.58. The van der Waals surface area contributed by atoms with Crippen LogP contribution in [0.5, 0.6) is 0 Å². The number of nitriles is 1. The van der Waals surface area contributed by atoms with E-state index in [2.05, 4.69) is 4.90 Å². The van der Waals surface area contributed by atoms with Crippen LogP contribution in [0.25, 0.3) is 0 Å². The molecule has 0 saturated carbocycles. The van der Waals surface area contributed by atoms with Gasteiger partial charge in [0.1, 0.15) is 11.6 Å². The molecule has 1 aliphatic rings. The molecule has 1 saturated heterocycles. The Morgan fingerprint density at radius 3 is 2.25 bits per heavy atom. The van der Waals surface area contributed by atoms with E-state index < -0.39 is 5.82 Å². The molecule has 122 valence electrons. The van der Waals surface area contributed by atoms with Gasteiger partial charge in [0.05, 0.1) is 17.2 Å². The van der Waals surface area contributed by atoms with Crippen LogP contribution < -0.4 is 4.90 Å². The van der Waals surface area contributed by atoms with E-state index in [1.165, 1.54) is 24.3 Å². The van der Waals surface area contributed by atoms with Crippen molar-refractivity contribution in [1.29, 1.82) is 5.26 Å². The van der Waals surface area contributed by atoms with Crippen LogP contribution in [-0.4, -0.2) is 37.0 Å². The molecule has 3 rings (SSSR count). The van der Waals surface area contributed by atoms with E-state index in [1.54, 1.807) is 17.0 Å². The van der Waals surface area contributed by atoms with Crippen LogP contribution in [-0.2, 0) is 0 Å². The zero-order chi connectivity index (χ0) is 17.1. The van der Waals surface area contributed by atoms with E-state index in [0.29, 0.717) is 26.2 Å². The number of halogens is 2. The van der Waals surface area contributed by atoms with Gasteiger partial charge in [0.15, 0.2) is 0 Å². The van der Waals surface area contributed by atoms with Crippen LogP contribution >= 0.6 is 0 Å². The van der Waals surface area contributed by atoms with Gasteiger partial charge < -0.3 is 9.80 Å². The molecule has 0 spiro atoms. The molecule has 0 aliphatic carbocycles. The summed E-state index contributed by atoms with van der Waals surface area (Å²) in [6.07, 6.45) is 0. The minimum absolute atomic E-state index is 0.0239. The molecule has 2 aromatic rings. The van der Waals surface area contributed by atoms with Gasteiger partial charge in [0, 0.05) is 31.9 Å². The van der Waals surface area contributed by atoms with Crippen molar-refractivity contribution in [1.82, 2.24) is 4.90 Å². The van der Waals surface area contributed by atoms with Gasteiger partial charge in [0.25, 0.3) is 5.91 Å². The summed E-state index contributed by atoms with van der Waals surface area (Å²) in [6.45, 7) is 2.09. The molecule has 0 unspecified atom stereocenters. The first-order valence-corrected chi connectivity index (χ1v) is 7.58. The lowest BCUT2D eigenvalue weighted by atomic mass is 10.1. The molecule has 0 radical (unpaired) electrons. The van der Waals surface area contributed by atoms with Crippen LogP contribution in [0.2, 0.25) is 0 Å². The highest BCUT2D eigenvalue weighted by Gasteiger charge is 2.24. The molecule has 0 N–H and O–H groups in total. The molecule has 0 aromatic heterocycles. The number of nitrogens with zero attached hydrogens (tertiary/aromatic N) is 3. The zero-order valence-electron chi connectivity index (χ0n) is 12.9.